The number of aromatic nitrogens is 1. The van der Waals surface area contributed by atoms with Crippen molar-refractivity contribution in [1.82, 2.24) is 14.8 Å². The summed E-state index contributed by atoms with van der Waals surface area (Å²) < 4.78 is 23.9. The summed E-state index contributed by atoms with van der Waals surface area (Å²) in [4.78, 5) is 53.2. The van der Waals surface area contributed by atoms with Crippen LogP contribution in [0.15, 0.2) is 48.6 Å². The van der Waals surface area contributed by atoms with Crippen LogP contribution in [0.1, 0.15) is 68.8 Å². The van der Waals surface area contributed by atoms with Crippen molar-refractivity contribution in [3.63, 3.8) is 0 Å². The van der Waals surface area contributed by atoms with E-state index in [-0.39, 0.29) is 24.3 Å². The number of benzene rings is 2. The largest absolute Gasteiger partial charge is 0.496 e. The van der Waals surface area contributed by atoms with E-state index < -0.39 is 58.0 Å². The summed E-state index contributed by atoms with van der Waals surface area (Å²) in [5.74, 6) is -1.78. The lowest BCUT2D eigenvalue weighted by Crippen LogP contribution is -2.81. The minimum absolute atomic E-state index is 0.0295. The van der Waals surface area contributed by atoms with Crippen LogP contribution in [0.4, 0.5) is 5.69 Å². The second-order valence-electron chi connectivity index (χ2n) is 18.0. The molecule has 1 aliphatic carbocycles. The molecule has 6 heterocycles. The van der Waals surface area contributed by atoms with Gasteiger partial charge in [-0.2, -0.15) is 0 Å². The Balaban J connectivity index is 1.37. The Morgan fingerprint density at radius 2 is 1.75 bits per heavy atom. The van der Waals surface area contributed by atoms with Crippen molar-refractivity contribution < 1.29 is 43.5 Å². The molecule has 1 saturated carbocycles. The number of nitrogens with one attached hydrogen (secondary N) is 1. The van der Waals surface area contributed by atoms with Gasteiger partial charge in [-0.3, -0.25) is 14.5 Å². The molecule has 11 atom stereocenters. The Morgan fingerprint density at radius 1 is 0.983 bits per heavy atom. The molecule has 2 unspecified atom stereocenters. The Labute approximate surface area is 345 Å². The summed E-state index contributed by atoms with van der Waals surface area (Å²) in [6, 6.07) is 10.9. The van der Waals surface area contributed by atoms with Crippen LogP contribution in [0.25, 0.3) is 10.9 Å². The predicted octanol–water partition coefficient (Wildman–Crippen LogP) is 3.85. The lowest BCUT2D eigenvalue weighted by molar-refractivity contribution is -0.228. The number of hydrogen-bond donors (Lipinski definition) is 3. The van der Waals surface area contributed by atoms with Crippen LogP contribution in [0.3, 0.4) is 0 Å². The van der Waals surface area contributed by atoms with Crippen molar-refractivity contribution >= 4 is 34.5 Å². The molecule has 59 heavy (non-hydrogen) atoms. The summed E-state index contributed by atoms with van der Waals surface area (Å²) >= 11 is 0. The van der Waals surface area contributed by atoms with Gasteiger partial charge in [0, 0.05) is 90.9 Å². The fourth-order valence-corrected chi connectivity index (χ4v) is 13.5. The molecule has 1 spiro atoms. The fourth-order valence-electron chi connectivity index (χ4n) is 13.5. The second kappa shape index (κ2) is 14.1. The summed E-state index contributed by atoms with van der Waals surface area (Å²) in [5.41, 5.74) is -0.857. The molecular weight excluding hydrogens is 753 g/mol. The van der Waals surface area contributed by atoms with Crippen LogP contribution in [0.2, 0.25) is 0 Å². The van der Waals surface area contributed by atoms with Crippen molar-refractivity contribution in [3.8, 4) is 5.75 Å². The van der Waals surface area contributed by atoms with E-state index in [0.717, 1.165) is 52.9 Å². The monoisotopic (exact) mass is 810 g/mol. The molecule has 1 aromatic heterocycles. The Kier molecular flexibility index (Phi) is 9.54. The maximum Gasteiger partial charge on any atom is 0.344 e. The van der Waals surface area contributed by atoms with Crippen molar-refractivity contribution in [2.24, 2.45) is 17.3 Å². The van der Waals surface area contributed by atoms with Crippen molar-refractivity contribution in [3.05, 3.63) is 70.9 Å². The number of esters is 3. The number of piperidine rings is 1. The standard InChI is InChI=1S/C46H58N4O9/c1-8-27-24-49-19-15-30-29-13-10-11-14-33(29)47-37(30)45(41(53)57-6,23-28(25-49)36(27)52)32-21-31-34(22-35(32)56-5)48(4)39-44(31)17-20-50-18-12-16-43(9-2,38(44)50)40(59-26(3)51)46(39,55)42(54)58-7/h10-14,16,21-22,27-28,36,38-40,47,52,55H,8-9,15,17-20,23-25H2,1-7H3/t27-,28+,36?,38+,39-,40-,43-,44-,45+,46+/m1/s1. The highest BCUT2D eigenvalue weighted by molar-refractivity contribution is 5.95. The summed E-state index contributed by atoms with van der Waals surface area (Å²) in [7, 11) is 6.13. The van der Waals surface area contributed by atoms with Gasteiger partial charge >= 0.3 is 17.9 Å². The number of nitrogens with zero attached hydrogens (tertiary/aromatic N) is 3. The van der Waals surface area contributed by atoms with Gasteiger partial charge < -0.3 is 43.9 Å². The third kappa shape index (κ3) is 5.13. The number of anilines is 1. The van der Waals surface area contributed by atoms with Crippen molar-refractivity contribution in [1.29, 1.82) is 0 Å². The first-order chi connectivity index (χ1) is 28.3. The van der Waals surface area contributed by atoms with Gasteiger partial charge in [0.2, 0.25) is 5.60 Å². The van der Waals surface area contributed by atoms with Gasteiger partial charge in [0.1, 0.15) is 11.2 Å². The number of ether oxygens (including phenoxy) is 4. The van der Waals surface area contributed by atoms with Gasteiger partial charge in [-0.25, -0.2) is 4.79 Å². The van der Waals surface area contributed by atoms with E-state index in [4.69, 9.17) is 18.9 Å². The Morgan fingerprint density at radius 3 is 2.44 bits per heavy atom. The number of H-pyrrole nitrogens is 1. The van der Waals surface area contributed by atoms with E-state index in [1.54, 1.807) is 7.11 Å². The molecule has 2 saturated heterocycles. The van der Waals surface area contributed by atoms with Crippen LogP contribution >= 0.6 is 0 Å². The minimum Gasteiger partial charge on any atom is -0.496 e. The highest BCUT2D eigenvalue weighted by Crippen LogP contribution is 2.68. The molecule has 3 aromatic rings. The van der Waals surface area contributed by atoms with Gasteiger partial charge in [-0.15, -0.1) is 0 Å². The summed E-state index contributed by atoms with van der Waals surface area (Å²) in [6.45, 7) is 8.89. The van der Waals surface area contributed by atoms with Gasteiger partial charge in [-0.1, -0.05) is 44.2 Å². The number of aliphatic hydroxyl groups excluding tert-OH is 1. The lowest BCUT2D eigenvalue weighted by atomic mass is 9.47. The van der Waals surface area contributed by atoms with Gasteiger partial charge in [0.05, 0.1) is 33.5 Å². The zero-order valence-corrected chi connectivity index (χ0v) is 35.2. The highest BCUT2D eigenvalue weighted by Gasteiger charge is 2.80. The van der Waals surface area contributed by atoms with E-state index in [1.165, 1.54) is 21.1 Å². The molecule has 5 aliphatic heterocycles. The average Bonchev–Trinajstić information content (AvgIpc) is 3.91. The molecule has 0 amide bonds. The zero-order chi connectivity index (χ0) is 41.8. The lowest BCUT2D eigenvalue weighted by Gasteiger charge is -2.63. The number of carbonyl (C=O) groups excluding carboxylic acids is 3. The van der Waals surface area contributed by atoms with Crippen LogP contribution < -0.4 is 9.64 Å². The van der Waals surface area contributed by atoms with Crippen molar-refractivity contribution in [2.75, 3.05) is 66.0 Å². The number of likely N-dealkylation sites (N-methyl/N-ethyl adjacent to an activating group) is 1. The van der Waals surface area contributed by atoms with Gasteiger partial charge in [0.25, 0.3) is 0 Å². The second-order valence-corrected chi connectivity index (χ2v) is 18.0. The SMILES string of the molecule is CC[C@@H]1CN2CCc3c([nH]c4ccccc34)[C@@](C(=O)OC)(c3cc4c(cc3OC)N(C)[C@H]3[C@@](O)(C(=O)OC)[C@H](OC(C)=O)[C@]5(CC)C=CCN6CC[C@]43[C@@H]65)C[C@@H](C2)C1O. The first-order valence-electron chi connectivity index (χ1n) is 21.3. The molecular formula is C46H58N4O9. The molecule has 3 fully saturated rings. The maximum absolute atomic E-state index is 15.3. The van der Waals surface area contributed by atoms with E-state index >= 15 is 4.79 Å². The number of fused-ring (bicyclic) bond motifs is 6. The Bertz CT molecular complexity index is 2240. The normalized spacial score (nSPS) is 37.0. The van der Waals surface area contributed by atoms with Gasteiger partial charge in [-0.05, 0) is 73.7 Å². The summed E-state index contributed by atoms with van der Waals surface area (Å²) in [5, 5.41) is 26.5. The number of hydrogen-bond acceptors (Lipinski definition) is 12. The molecule has 316 valence electrons. The van der Waals surface area contributed by atoms with Gasteiger partial charge in [0.15, 0.2) is 6.10 Å². The Hall–Kier alpha value is -4.43. The van der Waals surface area contributed by atoms with Crippen molar-refractivity contribution in [2.45, 2.75) is 93.6 Å². The number of carbonyl (C=O) groups is 3. The highest BCUT2D eigenvalue weighted by atomic mass is 16.6. The quantitative estimate of drug-likeness (QED) is 0.181. The number of methoxy groups -OCH3 is 3. The van der Waals surface area contributed by atoms with Crippen LogP contribution in [0, 0.1) is 17.3 Å². The molecule has 13 nitrogen and oxygen atoms in total. The molecule has 6 aliphatic rings. The maximum atomic E-state index is 15.3. The number of para-hydroxylation sites is 1. The molecule has 2 bridgehead atoms. The molecule has 13 heteroatoms. The first kappa shape index (κ1) is 40.0. The van der Waals surface area contributed by atoms with Crippen LogP contribution in [-0.4, -0.2) is 134 Å². The third-order valence-corrected chi connectivity index (χ3v) is 15.7. The number of aliphatic hydroxyl groups is 2. The molecule has 2 aromatic carbocycles. The van der Waals surface area contributed by atoms with E-state index in [0.29, 0.717) is 50.2 Å². The summed E-state index contributed by atoms with van der Waals surface area (Å²) in [6.07, 6.45) is 4.91. The molecule has 0 radical (unpaired) electrons. The number of aromatic amines is 1. The third-order valence-electron chi connectivity index (χ3n) is 15.7. The van der Waals surface area contributed by atoms with Crippen LogP contribution in [-0.2, 0) is 45.8 Å². The van der Waals surface area contributed by atoms with E-state index in [1.807, 2.05) is 49.2 Å². The number of rotatable bonds is 7. The predicted molar refractivity (Wildman–Crippen MR) is 220 cm³/mol. The van der Waals surface area contributed by atoms with E-state index in [2.05, 4.69) is 39.9 Å². The fraction of sp³-hybridized carbons (Fsp3) is 0.587. The van der Waals surface area contributed by atoms with E-state index in [9.17, 15) is 19.8 Å². The van der Waals surface area contributed by atoms with Crippen LogP contribution in [0.5, 0.6) is 5.75 Å². The molecule has 3 N–H and O–H groups in total. The molecule has 9 rings (SSSR count). The zero-order valence-electron chi connectivity index (χ0n) is 35.2. The average molecular weight is 811 g/mol. The topological polar surface area (TPSA) is 154 Å². The smallest absolute Gasteiger partial charge is 0.344 e. The minimum atomic E-state index is -2.31. The first-order valence-corrected chi connectivity index (χ1v) is 21.3.